The molecule has 2 aromatic rings. The van der Waals surface area contributed by atoms with Gasteiger partial charge in [-0.2, -0.15) is 0 Å². The number of cyclic esters (lactones) is 1. The molecule has 1 heterocycles. The van der Waals surface area contributed by atoms with Crippen molar-refractivity contribution in [3.63, 3.8) is 0 Å². The molecule has 1 aliphatic heterocycles. The van der Waals surface area contributed by atoms with Gasteiger partial charge in [0.1, 0.15) is 18.2 Å². The summed E-state index contributed by atoms with van der Waals surface area (Å²) in [5.41, 5.74) is -0.0475. The molecule has 0 atom stereocenters. The van der Waals surface area contributed by atoms with Crippen molar-refractivity contribution in [2.45, 2.75) is 13.0 Å². The monoisotopic (exact) mass is 391 g/mol. The summed E-state index contributed by atoms with van der Waals surface area (Å²) in [6.07, 6.45) is -0.999. The van der Waals surface area contributed by atoms with Crippen LogP contribution in [-0.2, 0) is 22.5 Å². The van der Waals surface area contributed by atoms with Gasteiger partial charge in [0, 0.05) is 17.8 Å². The summed E-state index contributed by atoms with van der Waals surface area (Å²) < 4.78 is 32.6. The summed E-state index contributed by atoms with van der Waals surface area (Å²) in [4.78, 5) is 34.7. The van der Waals surface area contributed by atoms with E-state index < -0.39 is 40.1 Å². The van der Waals surface area contributed by atoms with Crippen molar-refractivity contribution < 1.29 is 28.0 Å². The molecule has 0 aromatic heterocycles. The van der Waals surface area contributed by atoms with Gasteiger partial charge in [-0.25, -0.2) is 13.6 Å². The topological polar surface area (TPSA) is 102 Å². The number of nitrogens with one attached hydrogen (secondary N) is 1. The number of nitro benzene ring substituents is 1. The van der Waals surface area contributed by atoms with E-state index >= 15 is 0 Å². The maximum absolute atomic E-state index is 13.9. The van der Waals surface area contributed by atoms with Crippen LogP contribution in [0.1, 0.15) is 11.1 Å². The second-order valence-electron chi connectivity index (χ2n) is 6.10. The Morgan fingerprint density at radius 1 is 1.21 bits per heavy atom. The van der Waals surface area contributed by atoms with Crippen molar-refractivity contribution in [2.24, 2.45) is 0 Å². The van der Waals surface area contributed by atoms with Gasteiger partial charge in [-0.05, 0) is 17.7 Å². The SMILES string of the molecule is O=C(Cc1c(F)cc([N+](=O)[O-])cc1F)Nc1ccc(CN2CCOC2=O)cc1. The zero-order valence-corrected chi connectivity index (χ0v) is 14.5. The molecule has 0 radical (unpaired) electrons. The predicted octanol–water partition coefficient (Wildman–Crippen LogP) is 3.01. The molecule has 1 saturated heterocycles. The Morgan fingerprint density at radius 3 is 2.39 bits per heavy atom. The van der Waals surface area contributed by atoms with Crippen molar-refractivity contribution in [1.82, 2.24) is 4.90 Å². The fourth-order valence-electron chi connectivity index (χ4n) is 2.71. The van der Waals surface area contributed by atoms with Gasteiger partial charge in [0.25, 0.3) is 5.69 Å². The van der Waals surface area contributed by atoms with E-state index in [1.807, 2.05) is 0 Å². The van der Waals surface area contributed by atoms with Crippen LogP contribution in [0.4, 0.5) is 25.0 Å². The number of rotatable bonds is 6. The van der Waals surface area contributed by atoms with Crippen LogP contribution in [0.3, 0.4) is 0 Å². The van der Waals surface area contributed by atoms with E-state index in [9.17, 15) is 28.5 Å². The molecule has 3 rings (SSSR count). The minimum Gasteiger partial charge on any atom is -0.448 e. The number of carbonyl (C=O) groups is 2. The van der Waals surface area contributed by atoms with Crippen molar-refractivity contribution >= 4 is 23.4 Å². The normalized spacial score (nSPS) is 13.4. The smallest absolute Gasteiger partial charge is 0.410 e. The summed E-state index contributed by atoms with van der Waals surface area (Å²) in [5.74, 6) is -2.99. The van der Waals surface area contributed by atoms with Gasteiger partial charge >= 0.3 is 6.09 Å². The van der Waals surface area contributed by atoms with Gasteiger partial charge in [-0.1, -0.05) is 12.1 Å². The van der Waals surface area contributed by atoms with E-state index in [0.29, 0.717) is 37.5 Å². The van der Waals surface area contributed by atoms with E-state index in [1.54, 1.807) is 24.3 Å². The van der Waals surface area contributed by atoms with Gasteiger partial charge in [0.2, 0.25) is 5.91 Å². The number of carbonyl (C=O) groups excluding carboxylic acids is 2. The highest BCUT2D eigenvalue weighted by Crippen LogP contribution is 2.21. The highest BCUT2D eigenvalue weighted by atomic mass is 19.1. The summed E-state index contributed by atoms with van der Waals surface area (Å²) in [7, 11) is 0. The molecule has 28 heavy (non-hydrogen) atoms. The number of nitrogens with zero attached hydrogens (tertiary/aromatic N) is 2. The number of nitro groups is 1. The maximum atomic E-state index is 13.9. The molecule has 2 amide bonds. The van der Waals surface area contributed by atoms with E-state index in [-0.39, 0.29) is 6.09 Å². The summed E-state index contributed by atoms with van der Waals surface area (Å²) in [6, 6.07) is 7.74. The maximum Gasteiger partial charge on any atom is 0.410 e. The number of amides is 2. The molecule has 8 nitrogen and oxygen atoms in total. The van der Waals surface area contributed by atoms with Crippen LogP contribution in [0.15, 0.2) is 36.4 Å². The zero-order valence-electron chi connectivity index (χ0n) is 14.5. The number of anilines is 1. The summed E-state index contributed by atoms with van der Waals surface area (Å²) in [5, 5.41) is 13.1. The third-order valence-electron chi connectivity index (χ3n) is 4.13. The number of halogens is 2. The van der Waals surface area contributed by atoms with Crippen LogP contribution in [0, 0.1) is 21.7 Å². The lowest BCUT2D eigenvalue weighted by Gasteiger charge is -2.13. The average molecular weight is 391 g/mol. The highest BCUT2D eigenvalue weighted by Gasteiger charge is 2.22. The number of hydrogen-bond acceptors (Lipinski definition) is 5. The predicted molar refractivity (Wildman–Crippen MR) is 93.5 cm³/mol. The van der Waals surface area contributed by atoms with Gasteiger partial charge in [0.05, 0.1) is 30.0 Å². The minimum absolute atomic E-state index is 0.350. The standard InChI is InChI=1S/C18H15F2N3O5/c19-15-7-13(23(26)27)8-16(20)14(15)9-17(24)21-12-3-1-11(2-4-12)10-22-5-6-28-18(22)25/h1-4,7-8H,5-6,9-10H2,(H,21,24). The Balaban J connectivity index is 1.62. The first-order valence-corrected chi connectivity index (χ1v) is 8.26. The van der Waals surface area contributed by atoms with Crippen LogP contribution < -0.4 is 5.32 Å². The Labute approximate surface area is 157 Å². The molecule has 0 saturated carbocycles. The molecule has 1 fully saturated rings. The Kier molecular flexibility index (Phi) is 5.48. The molecule has 0 aliphatic carbocycles. The Bertz CT molecular complexity index is 910. The second kappa shape index (κ2) is 7.99. The number of benzene rings is 2. The molecule has 146 valence electrons. The molecule has 1 N–H and O–H groups in total. The lowest BCUT2D eigenvalue weighted by Crippen LogP contribution is -2.23. The molecular formula is C18H15F2N3O5. The summed E-state index contributed by atoms with van der Waals surface area (Å²) in [6.45, 7) is 1.22. The quantitative estimate of drug-likeness (QED) is 0.602. The van der Waals surface area contributed by atoms with Crippen molar-refractivity contribution in [3.8, 4) is 0 Å². The van der Waals surface area contributed by atoms with E-state index in [1.165, 1.54) is 4.90 Å². The van der Waals surface area contributed by atoms with E-state index in [0.717, 1.165) is 5.56 Å². The van der Waals surface area contributed by atoms with Gasteiger partial charge in [-0.15, -0.1) is 0 Å². The fourth-order valence-corrected chi connectivity index (χ4v) is 2.71. The summed E-state index contributed by atoms with van der Waals surface area (Å²) >= 11 is 0. The van der Waals surface area contributed by atoms with Crippen LogP contribution >= 0.6 is 0 Å². The van der Waals surface area contributed by atoms with Crippen molar-refractivity contribution in [3.05, 3.63) is 69.3 Å². The van der Waals surface area contributed by atoms with Gasteiger partial charge in [-0.3, -0.25) is 14.9 Å². The van der Waals surface area contributed by atoms with Crippen LogP contribution in [0.2, 0.25) is 0 Å². The van der Waals surface area contributed by atoms with Gasteiger partial charge < -0.3 is 15.0 Å². The molecule has 10 heteroatoms. The molecular weight excluding hydrogens is 376 g/mol. The molecule has 2 aromatic carbocycles. The Morgan fingerprint density at radius 2 is 1.86 bits per heavy atom. The zero-order chi connectivity index (χ0) is 20.3. The fraction of sp³-hybridized carbons (Fsp3) is 0.222. The van der Waals surface area contributed by atoms with Crippen molar-refractivity contribution in [2.75, 3.05) is 18.5 Å². The van der Waals surface area contributed by atoms with Crippen LogP contribution in [0.5, 0.6) is 0 Å². The second-order valence-corrected chi connectivity index (χ2v) is 6.10. The third kappa shape index (κ3) is 4.40. The van der Waals surface area contributed by atoms with Crippen LogP contribution in [-0.4, -0.2) is 35.0 Å². The Hall–Kier alpha value is -3.56. The first-order valence-electron chi connectivity index (χ1n) is 8.26. The highest BCUT2D eigenvalue weighted by molar-refractivity contribution is 5.92. The minimum atomic E-state index is -1.16. The number of non-ortho nitro benzene ring substituents is 1. The molecule has 0 bridgehead atoms. The first-order chi connectivity index (χ1) is 13.3. The molecule has 0 unspecified atom stereocenters. The van der Waals surface area contributed by atoms with Gasteiger partial charge in [0.15, 0.2) is 0 Å². The molecule has 0 spiro atoms. The van der Waals surface area contributed by atoms with E-state index in [4.69, 9.17) is 4.74 Å². The largest absolute Gasteiger partial charge is 0.448 e. The lowest BCUT2D eigenvalue weighted by molar-refractivity contribution is -0.385. The lowest BCUT2D eigenvalue weighted by atomic mass is 10.1. The average Bonchev–Trinajstić information content (AvgIpc) is 3.04. The van der Waals surface area contributed by atoms with Crippen LogP contribution in [0.25, 0.3) is 0 Å². The third-order valence-corrected chi connectivity index (χ3v) is 4.13. The number of hydrogen-bond donors (Lipinski definition) is 1. The van der Waals surface area contributed by atoms with E-state index in [2.05, 4.69) is 5.32 Å². The number of ether oxygens (including phenoxy) is 1. The van der Waals surface area contributed by atoms with Crippen molar-refractivity contribution in [1.29, 1.82) is 0 Å². The molecule has 1 aliphatic rings. The first kappa shape index (κ1) is 19.2.